The smallest absolute Gasteiger partial charge is 0.335 e. The molecular formula is C18H22N2O2S. The Labute approximate surface area is 140 Å². The van der Waals surface area contributed by atoms with E-state index >= 15 is 0 Å². The Morgan fingerprint density at radius 2 is 2.35 bits per heavy atom. The Balaban J connectivity index is 1.68. The van der Waals surface area contributed by atoms with Gasteiger partial charge in [0.15, 0.2) is 0 Å². The summed E-state index contributed by atoms with van der Waals surface area (Å²) in [6.45, 7) is 5.09. The van der Waals surface area contributed by atoms with Crippen LogP contribution in [0.2, 0.25) is 0 Å². The molecular weight excluding hydrogens is 308 g/mol. The molecule has 0 aliphatic carbocycles. The monoisotopic (exact) mass is 330 g/mol. The Morgan fingerprint density at radius 1 is 1.48 bits per heavy atom. The highest BCUT2D eigenvalue weighted by Gasteiger charge is 2.22. The van der Waals surface area contributed by atoms with Gasteiger partial charge in [-0.15, -0.1) is 11.3 Å². The van der Waals surface area contributed by atoms with Crippen molar-refractivity contribution in [3.8, 4) is 0 Å². The second kappa shape index (κ2) is 7.23. The van der Waals surface area contributed by atoms with Gasteiger partial charge in [-0.2, -0.15) is 0 Å². The highest BCUT2D eigenvalue weighted by Crippen LogP contribution is 2.28. The van der Waals surface area contributed by atoms with E-state index in [1.165, 1.54) is 5.01 Å². The fraction of sp³-hybridized carbons (Fsp3) is 0.444. The zero-order valence-corrected chi connectivity index (χ0v) is 14.2. The minimum atomic E-state index is -0.853. The first-order valence-corrected chi connectivity index (χ1v) is 9.02. The van der Waals surface area contributed by atoms with Crippen molar-refractivity contribution in [2.45, 2.75) is 38.6 Å². The van der Waals surface area contributed by atoms with Crippen LogP contribution in [-0.2, 0) is 13.0 Å². The summed E-state index contributed by atoms with van der Waals surface area (Å²) in [4.78, 5) is 18.3. The maximum absolute atomic E-state index is 11.2. The van der Waals surface area contributed by atoms with Gasteiger partial charge >= 0.3 is 5.97 Å². The first kappa shape index (κ1) is 16.1. The number of hydrogen-bond acceptors (Lipinski definition) is 4. The summed E-state index contributed by atoms with van der Waals surface area (Å²) >= 11 is 1.74. The van der Waals surface area contributed by atoms with Crippen LogP contribution in [0.1, 0.15) is 52.3 Å². The molecule has 1 saturated heterocycles. The lowest BCUT2D eigenvalue weighted by Gasteiger charge is -2.32. The standard InChI is InChI=1S/C18H22N2O2S/c1-2-17-19-16(12-23-17)11-20-8-4-7-15(10-20)13-5-3-6-14(9-13)18(21)22/h3,5-6,9,12,15H,2,4,7-8,10-11H2,1H3,(H,21,22)/t15-/m1/s1. The van der Waals surface area contributed by atoms with Gasteiger partial charge in [0.2, 0.25) is 0 Å². The molecule has 1 aliphatic rings. The number of aryl methyl sites for hydroxylation is 1. The summed E-state index contributed by atoms with van der Waals surface area (Å²) in [6.07, 6.45) is 3.26. The van der Waals surface area contributed by atoms with Gasteiger partial charge in [-0.3, -0.25) is 4.90 Å². The summed E-state index contributed by atoms with van der Waals surface area (Å²) in [5.41, 5.74) is 2.68. The first-order valence-electron chi connectivity index (χ1n) is 8.14. The highest BCUT2D eigenvalue weighted by molar-refractivity contribution is 7.09. The molecule has 1 fully saturated rings. The summed E-state index contributed by atoms with van der Waals surface area (Å²) in [6, 6.07) is 7.40. The second-order valence-electron chi connectivity index (χ2n) is 6.09. The average Bonchev–Trinajstić information content (AvgIpc) is 3.03. The van der Waals surface area contributed by atoms with Crippen LogP contribution in [0.4, 0.5) is 0 Å². The number of likely N-dealkylation sites (tertiary alicyclic amines) is 1. The number of aromatic nitrogens is 1. The van der Waals surface area contributed by atoms with Crippen molar-refractivity contribution < 1.29 is 9.90 Å². The number of rotatable bonds is 5. The Kier molecular flexibility index (Phi) is 5.08. The van der Waals surface area contributed by atoms with Gasteiger partial charge in [0.25, 0.3) is 0 Å². The van der Waals surface area contributed by atoms with Crippen molar-refractivity contribution in [1.82, 2.24) is 9.88 Å². The molecule has 2 heterocycles. The van der Waals surface area contributed by atoms with E-state index < -0.39 is 5.97 Å². The van der Waals surface area contributed by atoms with Crippen LogP contribution in [0.3, 0.4) is 0 Å². The van der Waals surface area contributed by atoms with E-state index in [9.17, 15) is 4.79 Å². The van der Waals surface area contributed by atoms with Gasteiger partial charge in [0, 0.05) is 18.5 Å². The lowest BCUT2D eigenvalue weighted by Crippen LogP contribution is -2.34. The highest BCUT2D eigenvalue weighted by atomic mass is 32.1. The number of carboxylic acids is 1. The van der Waals surface area contributed by atoms with Gasteiger partial charge in [-0.05, 0) is 49.4 Å². The Hall–Kier alpha value is -1.72. The molecule has 0 saturated carbocycles. The maximum atomic E-state index is 11.2. The molecule has 23 heavy (non-hydrogen) atoms. The average molecular weight is 330 g/mol. The summed E-state index contributed by atoms with van der Waals surface area (Å²) in [5.74, 6) is -0.443. The van der Waals surface area contributed by atoms with Crippen molar-refractivity contribution in [3.63, 3.8) is 0 Å². The van der Waals surface area contributed by atoms with E-state index in [0.717, 1.165) is 50.2 Å². The quantitative estimate of drug-likeness (QED) is 0.906. The zero-order chi connectivity index (χ0) is 16.2. The lowest BCUT2D eigenvalue weighted by atomic mass is 9.89. The molecule has 1 aromatic carbocycles. The SMILES string of the molecule is CCc1nc(CN2CCC[C@@H](c3cccc(C(=O)O)c3)C2)cs1. The van der Waals surface area contributed by atoms with E-state index in [0.29, 0.717) is 11.5 Å². The van der Waals surface area contributed by atoms with E-state index in [4.69, 9.17) is 5.11 Å². The van der Waals surface area contributed by atoms with Crippen LogP contribution < -0.4 is 0 Å². The molecule has 5 heteroatoms. The predicted molar refractivity (Wildman–Crippen MR) is 92.1 cm³/mol. The van der Waals surface area contributed by atoms with Gasteiger partial charge in [-0.25, -0.2) is 9.78 Å². The van der Waals surface area contributed by atoms with Crippen molar-refractivity contribution in [3.05, 3.63) is 51.5 Å². The van der Waals surface area contributed by atoms with E-state index in [1.807, 2.05) is 12.1 Å². The topological polar surface area (TPSA) is 53.4 Å². The largest absolute Gasteiger partial charge is 0.478 e. The Bertz CT molecular complexity index is 683. The number of piperidine rings is 1. The molecule has 0 spiro atoms. The Morgan fingerprint density at radius 3 is 3.09 bits per heavy atom. The van der Waals surface area contributed by atoms with Crippen molar-refractivity contribution >= 4 is 17.3 Å². The second-order valence-corrected chi connectivity index (χ2v) is 7.03. The van der Waals surface area contributed by atoms with E-state index in [1.54, 1.807) is 17.4 Å². The van der Waals surface area contributed by atoms with Gasteiger partial charge < -0.3 is 5.11 Å². The third-order valence-electron chi connectivity index (χ3n) is 4.40. The summed E-state index contributed by atoms with van der Waals surface area (Å²) in [7, 11) is 0. The fourth-order valence-electron chi connectivity index (χ4n) is 3.21. The lowest BCUT2D eigenvalue weighted by molar-refractivity contribution is 0.0696. The number of hydrogen-bond donors (Lipinski definition) is 1. The number of carbonyl (C=O) groups is 1. The molecule has 0 radical (unpaired) electrons. The number of benzene rings is 1. The maximum Gasteiger partial charge on any atom is 0.335 e. The normalized spacial score (nSPS) is 18.9. The van der Waals surface area contributed by atoms with Gasteiger partial charge in [0.05, 0.1) is 16.3 Å². The van der Waals surface area contributed by atoms with Crippen molar-refractivity contribution in [1.29, 1.82) is 0 Å². The van der Waals surface area contributed by atoms with Gasteiger partial charge in [0.1, 0.15) is 0 Å². The van der Waals surface area contributed by atoms with Gasteiger partial charge in [-0.1, -0.05) is 19.1 Å². The molecule has 2 aromatic rings. The third kappa shape index (κ3) is 3.98. The number of aromatic carboxylic acids is 1. The molecule has 0 bridgehead atoms. The summed E-state index contributed by atoms with van der Waals surface area (Å²) in [5, 5.41) is 12.5. The van der Waals surface area contributed by atoms with E-state index in [2.05, 4.69) is 28.3 Å². The number of nitrogens with zero attached hydrogens (tertiary/aromatic N) is 2. The molecule has 0 amide bonds. The van der Waals surface area contributed by atoms with Crippen molar-refractivity contribution in [2.75, 3.05) is 13.1 Å². The van der Waals surface area contributed by atoms with Crippen LogP contribution in [0.25, 0.3) is 0 Å². The molecule has 3 rings (SSSR count). The molecule has 0 unspecified atom stereocenters. The zero-order valence-electron chi connectivity index (χ0n) is 13.4. The third-order valence-corrected chi connectivity index (χ3v) is 5.44. The molecule has 4 nitrogen and oxygen atoms in total. The van der Waals surface area contributed by atoms with Crippen LogP contribution in [-0.4, -0.2) is 34.0 Å². The van der Waals surface area contributed by atoms with Crippen LogP contribution >= 0.6 is 11.3 Å². The van der Waals surface area contributed by atoms with Crippen molar-refractivity contribution in [2.24, 2.45) is 0 Å². The number of carboxylic acid groups (broad SMARTS) is 1. The minimum absolute atomic E-state index is 0.381. The molecule has 122 valence electrons. The fourth-order valence-corrected chi connectivity index (χ4v) is 3.95. The molecule has 1 N–H and O–H groups in total. The molecule has 1 aliphatic heterocycles. The molecule has 1 atom stereocenters. The van der Waals surface area contributed by atoms with E-state index in [-0.39, 0.29) is 0 Å². The predicted octanol–water partition coefficient (Wildman–Crippen LogP) is 3.78. The van der Waals surface area contributed by atoms with Crippen LogP contribution in [0.15, 0.2) is 29.6 Å². The van der Waals surface area contributed by atoms with Crippen LogP contribution in [0.5, 0.6) is 0 Å². The minimum Gasteiger partial charge on any atom is -0.478 e. The number of thiazole rings is 1. The van der Waals surface area contributed by atoms with Crippen LogP contribution in [0, 0.1) is 0 Å². The first-order chi connectivity index (χ1) is 11.2. The molecule has 1 aromatic heterocycles. The summed E-state index contributed by atoms with van der Waals surface area (Å²) < 4.78 is 0.